The number of benzene rings is 1. The predicted molar refractivity (Wildman–Crippen MR) is 93.1 cm³/mol. The van der Waals surface area contributed by atoms with Gasteiger partial charge in [-0.25, -0.2) is 15.0 Å². The van der Waals surface area contributed by atoms with E-state index < -0.39 is 0 Å². The minimum Gasteiger partial charge on any atom is -0.497 e. The number of anilines is 1. The Hall–Kier alpha value is -3.09. The highest BCUT2D eigenvalue weighted by molar-refractivity contribution is 5.47. The van der Waals surface area contributed by atoms with Gasteiger partial charge in [0.1, 0.15) is 17.9 Å². The molecule has 1 aliphatic rings. The molecule has 0 aliphatic carbocycles. The Morgan fingerprint density at radius 2 is 2.04 bits per heavy atom. The Kier molecular flexibility index (Phi) is 3.97. The monoisotopic (exact) mass is 337 g/mol. The van der Waals surface area contributed by atoms with E-state index in [9.17, 15) is 0 Å². The third-order valence-corrected chi connectivity index (χ3v) is 4.49. The topological polar surface area (TPSA) is 76.2 Å². The lowest BCUT2D eigenvalue weighted by Crippen LogP contribution is -2.34. The van der Waals surface area contributed by atoms with Crippen molar-refractivity contribution in [1.82, 2.24) is 19.9 Å². The van der Waals surface area contributed by atoms with Crippen molar-refractivity contribution in [2.45, 2.75) is 12.5 Å². The normalized spacial score (nSPS) is 16.4. The van der Waals surface area contributed by atoms with Gasteiger partial charge in [0.2, 0.25) is 5.88 Å². The third kappa shape index (κ3) is 2.88. The number of H-pyrrole nitrogens is 1. The SMILES string of the molecule is COc1cccc(C2CN(c3cc(OC)ncn3)Cc3[nH]cnc32)c1. The summed E-state index contributed by atoms with van der Waals surface area (Å²) >= 11 is 0. The Morgan fingerprint density at radius 3 is 2.88 bits per heavy atom. The van der Waals surface area contributed by atoms with Crippen LogP contribution in [0.2, 0.25) is 0 Å². The number of hydrogen-bond donors (Lipinski definition) is 1. The van der Waals surface area contributed by atoms with Crippen molar-refractivity contribution >= 4 is 5.82 Å². The van der Waals surface area contributed by atoms with Crippen molar-refractivity contribution in [3.05, 3.63) is 59.9 Å². The molecule has 0 radical (unpaired) electrons. The number of hydrogen-bond acceptors (Lipinski definition) is 6. The van der Waals surface area contributed by atoms with E-state index in [0.717, 1.165) is 36.0 Å². The zero-order valence-electron chi connectivity index (χ0n) is 14.1. The number of nitrogens with one attached hydrogen (secondary N) is 1. The number of fused-ring (bicyclic) bond motifs is 1. The van der Waals surface area contributed by atoms with Gasteiger partial charge in [-0.05, 0) is 17.7 Å². The van der Waals surface area contributed by atoms with E-state index in [1.807, 2.05) is 18.2 Å². The second-order valence-electron chi connectivity index (χ2n) is 5.89. The van der Waals surface area contributed by atoms with Crippen LogP contribution in [0.5, 0.6) is 11.6 Å². The molecular weight excluding hydrogens is 318 g/mol. The molecule has 3 heterocycles. The molecule has 1 atom stereocenters. The lowest BCUT2D eigenvalue weighted by Gasteiger charge is -2.33. The summed E-state index contributed by atoms with van der Waals surface area (Å²) in [6, 6.07) is 9.98. The zero-order chi connectivity index (χ0) is 17.2. The van der Waals surface area contributed by atoms with Crippen LogP contribution in [0.3, 0.4) is 0 Å². The van der Waals surface area contributed by atoms with Gasteiger partial charge in [0.25, 0.3) is 0 Å². The Bertz CT molecular complexity index is 879. The summed E-state index contributed by atoms with van der Waals surface area (Å²) in [6.45, 7) is 1.49. The number of methoxy groups -OCH3 is 2. The van der Waals surface area contributed by atoms with Crippen LogP contribution in [-0.2, 0) is 6.54 Å². The molecular formula is C18H19N5O2. The minimum absolute atomic E-state index is 0.131. The number of rotatable bonds is 4. The van der Waals surface area contributed by atoms with E-state index in [1.165, 1.54) is 11.9 Å². The smallest absolute Gasteiger partial charge is 0.218 e. The molecule has 4 rings (SSSR count). The lowest BCUT2D eigenvalue weighted by atomic mass is 9.91. The predicted octanol–water partition coefficient (Wildman–Crippen LogP) is 2.37. The first-order valence-corrected chi connectivity index (χ1v) is 8.05. The maximum absolute atomic E-state index is 5.38. The Labute approximate surface area is 145 Å². The standard InChI is InChI=1S/C18H19N5O2/c1-24-13-5-3-4-12(6-13)14-8-23(9-15-18(14)22-10-19-15)16-7-17(25-2)21-11-20-16/h3-7,10-11,14H,8-9H2,1-2H3,(H,19,22). The summed E-state index contributed by atoms with van der Waals surface area (Å²) in [5.41, 5.74) is 3.33. The average molecular weight is 337 g/mol. The molecule has 1 aliphatic heterocycles. The van der Waals surface area contributed by atoms with Gasteiger partial charge in [-0.1, -0.05) is 12.1 Å². The molecule has 7 heteroatoms. The van der Waals surface area contributed by atoms with Gasteiger partial charge in [-0.15, -0.1) is 0 Å². The first kappa shape index (κ1) is 15.4. The van der Waals surface area contributed by atoms with Crippen LogP contribution in [0.15, 0.2) is 43.0 Å². The number of nitrogens with zero attached hydrogens (tertiary/aromatic N) is 4. The first-order valence-electron chi connectivity index (χ1n) is 8.05. The molecule has 128 valence electrons. The van der Waals surface area contributed by atoms with Crippen molar-refractivity contribution in [3.63, 3.8) is 0 Å². The van der Waals surface area contributed by atoms with Gasteiger partial charge in [0.15, 0.2) is 0 Å². The van der Waals surface area contributed by atoms with E-state index >= 15 is 0 Å². The maximum Gasteiger partial charge on any atom is 0.218 e. The van der Waals surface area contributed by atoms with Gasteiger partial charge in [-0.3, -0.25) is 0 Å². The van der Waals surface area contributed by atoms with Crippen molar-refractivity contribution in [1.29, 1.82) is 0 Å². The van der Waals surface area contributed by atoms with Gasteiger partial charge < -0.3 is 19.4 Å². The summed E-state index contributed by atoms with van der Waals surface area (Å²) < 4.78 is 10.6. The molecule has 0 bridgehead atoms. The van der Waals surface area contributed by atoms with Crippen LogP contribution in [0.1, 0.15) is 22.9 Å². The minimum atomic E-state index is 0.131. The summed E-state index contributed by atoms with van der Waals surface area (Å²) in [5.74, 6) is 2.36. The molecule has 0 spiro atoms. The fourth-order valence-electron chi connectivity index (χ4n) is 3.23. The molecule has 0 fully saturated rings. The summed E-state index contributed by atoms with van der Waals surface area (Å²) in [7, 11) is 3.29. The number of aromatic nitrogens is 4. The molecule has 2 aromatic heterocycles. The summed E-state index contributed by atoms with van der Waals surface area (Å²) in [5, 5.41) is 0. The van der Waals surface area contributed by atoms with Crippen LogP contribution >= 0.6 is 0 Å². The fourth-order valence-corrected chi connectivity index (χ4v) is 3.23. The van der Waals surface area contributed by atoms with E-state index in [4.69, 9.17) is 9.47 Å². The molecule has 3 aromatic rings. The van der Waals surface area contributed by atoms with Gasteiger partial charge in [-0.2, -0.15) is 0 Å². The molecule has 1 N–H and O–H groups in total. The van der Waals surface area contributed by atoms with Crippen LogP contribution in [0, 0.1) is 0 Å². The van der Waals surface area contributed by atoms with E-state index in [0.29, 0.717) is 5.88 Å². The zero-order valence-corrected chi connectivity index (χ0v) is 14.1. The molecule has 1 unspecified atom stereocenters. The second-order valence-corrected chi connectivity index (χ2v) is 5.89. The van der Waals surface area contributed by atoms with Crippen LogP contribution in [0.25, 0.3) is 0 Å². The second kappa shape index (κ2) is 6.43. The first-order chi connectivity index (χ1) is 12.3. The Balaban J connectivity index is 1.72. The molecule has 0 amide bonds. The van der Waals surface area contributed by atoms with Crippen LogP contribution in [-0.4, -0.2) is 40.7 Å². The van der Waals surface area contributed by atoms with Crippen molar-refractivity contribution in [3.8, 4) is 11.6 Å². The largest absolute Gasteiger partial charge is 0.497 e. The number of imidazole rings is 1. The van der Waals surface area contributed by atoms with Crippen LogP contribution < -0.4 is 14.4 Å². The highest BCUT2D eigenvalue weighted by Gasteiger charge is 2.30. The number of ether oxygens (including phenoxy) is 2. The molecule has 1 aromatic carbocycles. The number of aromatic amines is 1. The average Bonchev–Trinajstić information content (AvgIpc) is 3.16. The molecule has 0 saturated heterocycles. The summed E-state index contributed by atoms with van der Waals surface area (Å²) in [4.78, 5) is 18.5. The third-order valence-electron chi connectivity index (χ3n) is 4.49. The highest BCUT2D eigenvalue weighted by Crippen LogP contribution is 2.34. The van der Waals surface area contributed by atoms with Crippen molar-refractivity contribution in [2.24, 2.45) is 0 Å². The Morgan fingerprint density at radius 1 is 1.12 bits per heavy atom. The highest BCUT2D eigenvalue weighted by atomic mass is 16.5. The van der Waals surface area contributed by atoms with E-state index in [-0.39, 0.29) is 5.92 Å². The van der Waals surface area contributed by atoms with Gasteiger partial charge in [0.05, 0.1) is 38.5 Å². The quantitative estimate of drug-likeness (QED) is 0.788. The fraction of sp³-hybridized carbons (Fsp3) is 0.278. The van der Waals surface area contributed by atoms with Crippen molar-refractivity contribution < 1.29 is 9.47 Å². The van der Waals surface area contributed by atoms with E-state index in [2.05, 4.69) is 37.0 Å². The van der Waals surface area contributed by atoms with E-state index in [1.54, 1.807) is 20.5 Å². The van der Waals surface area contributed by atoms with Gasteiger partial charge in [0, 0.05) is 18.5 Å². The van der Waals surface area contributed by atoms with Gasteiger partial charge >= 0.3 is 0 Å². The molecule has 0 saturated carbocycles. The summed E-state index contributed by atoms with van der Waals surface area (Å²) in [6.07, 6.45) is 3.28. The van der Waals surface area contributed by atoms with Crippen molar-refractivity contribution in [2.75, 3.05) is 25.7 Å². The molecule has 25 heavy (non-hydrogen) atoms. The lowest BCUT2D eigenvalue weighted by molar-refractivity contribution is 0.396. The molecule has 7 nitrogen and oxygen atoms in total. The maximum atomic E-state index is 5.38. The van der Waals surface area contributed by atoms with Crippen LogP contribution in [0.4, 0.5) is 5.82 Å².